The van der Waals surface area contributed by atoms with Crippen LogP contribution in [0, 0.1) is 5.92 Å². The summed E-state index contributed by atoms with van der Waals surface area (Å²) in [6.45, 7) is 3.83. The molecule has 2 heterocycles. The molecular weight excluding hydrogens is 378 g/mol. The fourth-order valence-electron chi connectivity index (χ4n) is 3.60. The fraction of sp³-hybridized carbons (Fsp3) is 0.333. The number of aliphatic imine (C=N–C) groups is 1. The van der Waals surface area contributed by atoms with Gasteiger partial charge in [-0.2, -0.15) is 0 Å². The quantitative estimate of drug-likeness (QED) is 0.703. The van der Waals surface area contributed by atoms with Gasteiger partial charge in [0.05, 0.1) is 7.11 Å². The molecule has 0 radical (unpaired) electrons. The normalized spacial score (nSPS) is 19.4. The third-order valence-electron chi connectivity index (χ3n) is 4.86. The highest BCUT2D eigenvalue weighted by molar-refractivity contribution is 6.30. The summed E-state index contributed by atoms with van der Waals surface area (Å²) < 4.78 is 6.47. The summed E-state index contributed by atoms with van der Waals surface area (Å²) in [4.78, 5) is 34.7. The van der Waals surface area contributed by atoms with Gasteiger partial charge >= 0.3 is 5.97 Å². The first kappa shape index (κ1) is 20.0. The van der Waals surface area contributed by atoms with Crippen molar-refractivity contribution in [1.82, 2.24) is 9.55 Å². The van der Waals surface area contributed by atoms with Crippen molar-refractivity contribution in [3.05, 3.63) is 64.8 Å². The van der Waals surface area contributed by atoms with E-state index in [1.807, 2.05) is 19.1 Å². The zero-order chi connectivity index (χ0) is 20.3. The fourth-order valence-corrected chi connectivity index (χ4v) is 3.72. The predicted octanol–water partition coefficient (Wildman–Crippen LogP) is 4.28. The van der Waals surface area contributed by atoms with Crippen molar-refractivity contribution in [2.24, 2.45) is 10.9 Å². The molecule has 0 bridgehead atoms. The van der Waals surface area contributed by atoms with Crippen molar-refractivity contribution in [2.45, 2.75) is 32.6 Å². The first-order valence-corrected chi connectivity index (χ1v) is 9.49. The Bertz CT molecular complexity index is 930. The lowest BCUT2D eigenvalue weighted by Crippen LogP contribution is -2.37. The summed E-state index contributed by atoms with van der Waals surface area (Å²) in [6.07, 6.45) is 6.05. The van der Waals surface area contributed by atoms with Crippen LogP contribution in [-0.4, -0.2) is 34.2 Å². The summed E-state index contributed by atoms with van der Waals surface area (Å²) in [5, 5.41) is 0.583. The lowest BCUT2D eigenvalue weighted by molar-refractivity contribution is -0.143. The van der Waals surface area contributed by atoms with E-state index in [2.05, 4.69) is 9.98 Å². The maximum Gasteiger partial charge on any atom is 0.315 e. The Hall–Kier alpha value is -2.73. The molecule has 2 atom stereocenters. The Morgan fingerprint density at radius 3 is 2.54 bits per heavy atom. The second-order valence-corrected chi connectivity index (χ2v) is 7.11. The minimum Gasteiger partial charge on any atom is -0.468 e. The van der Waals surface area contributed by atoms with Gasteiger partial charge in [-0.1, -0.05) is 37.1 Å². The molecule has 1 aliphatic rings. The molecular formula is C21H22ClN3O3. The Morgan fingerprint density at radius 2 is 1.96 bits per heavy atom. The van der Waals surface area contributed by atoms with E-state index in [4.69, 9.17) is 16.3 Å². The number of allylic oxidation sites excluding steroid dienone is 2. The standard InChI is InChI=1S/C21H22ClN3O3/c1-4-5-16-19(20(26)25-11-10-23-12-25)18(14-6-8-15(22)9-7-14)17(13(2)24-16)21(27)28-3/h6-12,17-18H,4-5H2,1-3H3. The summed E-state index contributed by atoms with van der Waals surface area (Å²) in [5.74, 6) is -1.87. The number of methoxy groups -OCH3 is 1. The van der Waals surface area contributed by atoms with Crippen molar-refractivity contribution in [1.29, 1.82) is 0 Å². The highest BCUT2D eigenvalue weighted by Gasteiger charge is 2.42. The van der Waals surface area contributed by atoms with Crippen LogP contribution in [0.1, 0.15) is 43.0 Å². The molecule has 1 aromatic heterocycles. The molecule has 3 rings (SSSR count). The van der Waals surface area contributed by atoms with Gasteiger partial charge in [-0.05, 0) is 31.0 Å². The van der Waals surface area contributed by atoms with Crippen molar-refractivity contribution >= 4 is 29.2 Å². The van der Waals surface area contributed by atoms with E-state index in [0.717, 1.165) is 12.0 Å². The van der Waals surface area contributed by atoms with Gasteiger partial charge in [-0.3, -0.25) is 19.1 Å². The number of benzene rings is 1. The van der Waals surface area contributed by atoms with Crippen LogP contribution >= 0.6 is 11.6 Å². The van der Waals surface area contributed by atoms with E-state index in [-0.39, 0.29) is 5.91 Å². The van der Waals surface area contributed by atoms with E-state index in [1.54, 1.807) is 31.5 Å². The first-order valence-electron chi connectivity index (χ1n) is 9.12. The van der Waals surface area contributed by atoms with Gasteiger partial charge < -0.3 is 4.74 Å². The summed E-state index contributed by atoms with van der Waals surface area (Å²) in [7, 11) is 1.34. The van der Waals surface area contributed by atoms with Crippen molar-refractivity contribution < 1.29 is 14.3 Å². The highest BCUT2D eigenvalue weighted by Crippen LogP contribution is 2.41. The molecule has 28 heavy (non-hydrogen) atoms. The SMILES string of the molecule is CCCC1=C(C(=O)n2ccnc2)C(c2ccc(Cl)cc2)C(C(=O)OC)C(C)=N1. The predicted molar refractivity (Wildman–Crippen MR) is 108 cm³/mol. The van der Waals surface area contributed by atoms with E-state index in [0.29, 0.717) is 28.4 Å². The molecule has 1 aromatic carbocycles. The molecule has 7 heteroatoms. The molecule has 6 nitrogen and oxygen atoms in total. The lowest BCUT2D eigenvalue weighted by Gasteiger charge is -2.32. The first-order chi connectivity index (χ1) is 13.5. The van der Waals surface area contributed by atoms with Crippen LogP contribution in [0.15, 0.2) is 59.2 Å². The highest BCUT2D eigenvalue weighted by atomic mass is 35.5. The number of ether oxygens (including phenoxy) is 1. The molecule has 0 spiro atoms. The number of carbonyl (C=O) groups excluding carboxylic acids is 2. The molecule has 0 aliphatic carbocycles. The topological polar surface area (TPSA) is 73.5 Å². The third kappa shape index (κ3) is 3.78. The number of carbonyl (C=O) groups is 2. The van der Waals surface area contributed by atoms with E-state index < -0.39 is 17.8 Å². The van der Waals surface area contributed by atoms with Gasteiger partial charge in [0.15, 0.2) is 0 Å². The number of hydrogen-bond donors (Lipinski definition) is 0. The zero-order valence-corrected chi connectivity index (χ0v) is 16.8. The number of rotatable bonds is 5. The number of aromatic nitrogens is 2. The van der Waals surface area contributed by atoms with Crippen LogP contribution in [0.25, 0.3) is 0 Å². The lowest BCUT2D eigenvalue weighted by atomic mass is 9.74. The van der Waals surface area contributed by atoms with Gasteiger partial charge in [0.2, 0.25) is 0 Å². The minimum atomic E-state index is -0.686. The van der Waals surface area contributed by atoms with E-state index in [9.17, 15) is 9.59 Å². The van der Waals surface area contributed by atoms with Crippen LogP contribution in [0.2, 0.25) is 5.02 Å². The summed E-state index contributed by atoms with van der Waals surface area (Å²) >= 11 is 6.06. The van der Waals surface area contributed by atoms with E-state index in [1.165, 1.54) is 18.0 Å². The van der Waals surface area contributed by atoms with Crippen LogP contribution < -0.4 is 0 Å². The minimum absolute atomic E-state index is 0.244. The number of esters is 1. The maximum absolute atomic E-state index is 13.4. The Balaban J connectivity index is 2.24. The van der Waals surface area contributed by atoms with Crippen LogP contribution in [0.3, 0.4) is 0 Å². The Kier molecular flexibility index (Phi) is 6.09. The molecule has 2 unspecified atom stereocenters. The van der Waals surface area contributed by atoms with Gasteiger partial charge in [0, 0.05) is 40.3 Å². The van der Waals surface area contributed by atoms with Gasteiger partial charge in [-0.25, -0.2) is 4.98 Å². The van der Waals surface area contributed by atoms with Crippen LogP contribution in [0.5, 0.6) is 0 Å². The van der Waals surface area contributed by atoms with E-state index >= 15 is 0 Å². The third-order valence-corrected chi connectivity index (χ3v) is 5.11. The molecule has 1 aliphatic heterocycles. The monoisotopic (exact) mass is 399 g/mol. The van der Waals surface area contributed by atoms with Gasteiger partial charge in [-0.15, -0.1) is 0 Å². The maximum atomic E-state index is 13.4. The molecule has 0 fully saturated rings. The van der Waals surface area contributed by atoms with Crippen molar-refractivity contribution in [3.63, 3.8) is 0 Å². The number of imidazole rings is 1. The van der Waals surface area contributed by atoms with Crippen LogP contribution in [0.4, 0.5) is 0 Å². The molecule has 146 valence electrons. The second-order valence-electron chi connectivity index (χ2n) is 6.67. The average molecular weight is 400 g/mol. The van der Waals surface area contributed by atoms with Crippen molar-refractivity contribution in [2.75, 3.05) is 7.11 Å². The number of nitrogens with zero attached hydrogens (tertiary/aromatic N) is 3. The molecule has 0 amide bonds. The Labute approximate surface area is 168 Å². The smallest absolute Gasteiger partial charge is 0.315 e. The Morgan fingerprint density at radius 1 is 1.25 bits per heavy atom. The summed E-state index contributed by atoms with van der Waals surface area (Å²) in [6, 6.07) is 7.19. The summed E-state index contributed by atoms with van der Waals surface area (Å²) in [5.41, 5.74) is 2.63. The van der Waals surface area contributed by atoms with Crippen molar-refractivity contribution in [3.8, 4) is 0 Å². The average Bonchev–Trinajstić information content (AvgIpc) is 3.22. The van der Waals surface area contributed by atoms with Gasteiger partial charge in [0.1, 0.15) is 12.2 Å². The number of halogens is 1. The van der Waals surface area contributed by atoms with Gasteiger partial charge in [0.25, 0.3) is 5.91 Å². The number of hydrogen-bond acceptors (Lipinski definition) is 5. The van der Waals surface area contributed by atoms with Crippen LogP contribution in [-0.2, 0) is 9.53 Å². The second kappa shape index (κ2) is 8.52. The largest absolute Gasteiger partial charge is 0.468 e. The molecule has 2 aromatic rings. The molecule has 0 saturated heterocycles. The molecule has 0 N–H and O–H groups in total. The zero-order valence-electron chi connectivity index (χ0n) is 16.1. The molecule has 0 saturated carbocycles.